The van der Waals surface area contributed by atoms with Crippen molar-refractivity contribution in [2.24, 2.45) is 0 Å². The highest BCUT2D eigenvalue weighted by Crippen LogP contribution is 2.21. The van der Waals surface area contributed by atoms with Gasteiger partial charge in [0, 0.05) is 4.47 Å². The Morgan fingerprint density at radius 2 is 2.11 bits per heavy atom. The SMILES string of the molecule is Cc1nn(CC(=O)Nc2ccccc2Br)c(C)c1N. The second-order valence-electron chi connectivity index (χ2n) is 4.27. The Bertz CT molecular complexity index is 621. The van der Waals surface area contributed by atoms with E-state index >= 15 is 0 Å². The largest absolute Gasteiger partial charge is 0.396 e. The Kier molecular flexibility index (Phi) is 3.90. The lowest BCUT2D eigenvalue weighted by Crippen LogP contribution is -2.20. The molecule has 1 amide bonds. The summed E-state index contributed by atoms with van der Waals surface area (Å²) in [5.41, 5.74) is 8.75. The zero-order chi connectivity index (χ0) is 14.0. The first-order valence-corrected chi connectivity index (χ1v) is 6.62. The summed E-state index contributed by atoms with van der Waals surface area (Å²) in [6.07, 6.45) is 0. The van der Waals surface area contributed by atoms with Crippen molar-refractivity contribution in [3.8, 4) is 0 Å². The summed E-state index contributed by atoms with van der Waals surface area (Å²) >= 11 is 3.38. The van der Waals surface area contributed by atoms with E-state index in [0.29, 0.717) is 5.69 Å². The van der Waals surface area contributed by atoms with Crippen LogP contribution in [0.5, 0.6) is 0 Å². The molecule has 1 aromatic heterocycles. The monoisotopic (exact) mass is 322 g/mol. The third kappa shape index (κ3) is 2.96. The predicted molar refractivity (Wildman–Crippen MR) is 78.9 cm³/mol. The lowest BCUT2D eigenvalue weighted by atomic mass is 10.3. The van der Waals surface area contributed by atoms with Crippen molar-refractivity contribution < 1.29 is 4.79 Å². The van der Waals surface area contributed by atoms with Crippen LogP contribution in [-0.2, 0) is 11.3 Å². The van der Waals surface area contributed by atoms with Gasteiger partial charge in [-0.2, -0.15) is 5.10 Å². The van der Waals surface area contributed by atoms with Crippen molar-refractivity contribution in [3.63, 3.8) is 0 Å². The van der Waals surface area contributed by atoms with E-state index in [0.717, 1.165) is 21.5 Å². The number of nitrogens with one attached hydrogen (secondary N) is 1. The molecule has 6 heteroatoms. The number of rotatable bonds is 3. The zero-order valence-electron chi connectivity index (χ0n) is 10.8. The molecule has 0 bridgehead atoms. The summed E-state index contributed by atoms with van der Waals surface area (Å²) in [6, 6.07) is 7.46. The maximum Gasteiger partial charge on any atom is 0.246 e. The lowest BCUT2D eigenvalue weighted by molar-refractivity contribution is -0.116. The highest BCUT2D eigenvalue weighted by atomic mass is 79.9. The van der Waals surface area contributed by atoms with Crippen molar-refractivity contribution >= 4 is 33.2 Å². The molecule has 3 N–H and O–H groups in total. The number of nitrogens with two attached hydrogens (primary N) is 1. The maximum absolute atomic E-state index is 12.0. The number of benzene rings is 1. The quantitative estimate of drug-likeness (QED) is 0.911. The van der Waals surface area contributed by atoms with E-state index in [1.165, 1.54) is 0 Å². The van der Waals surface area contributed by atoms with Gasteiger partial charge in [-0.3, -0.25) is 9.48 Å². The topological polar surface area (TPSA) is 72.9 Å². The van der Waals surface area contributed by atoms with Crippen LogP contribution in [0.3, 0.4) is 0 Å². The number of carbonyl (C=O) groups is 1. The molecule has 5 nitrogen and oxygen atoms in total. The maximum atomic E-state index is 12.0. The van der Waals surface area contributed by atoms with Crippen LogP contribution in [0.2, 0.25) is 0 Å². The van der Waals surface area contributed by atoms with Crippen LogP contribution in [-0.4, -0.2) is 15.7 Å². The number of aryl methyl sites for hydroxylation is 1. The highest BCUT2D eigenvalue weighted by Gasteiger charge is 2.12. The highest BCUT2D eigenvalue weighted by molar-refractivity contribution is 9.10. The van der Waals surface area contributed by atoms with Gasteiger partial charge < -0.3 is 11.1 Å². The normalized spacial score (nSPS) is 10.5. The summed E-state index contributed by atoms with van der Waals surface area (Å²) in [5.74, 6) is -0.141. The molecule has 0 fully saturated rings. The summed E-state index contributed by atoms with van der Waals surface area (Å²) in [4.78, 5) is 12.0. The molecule has 100 valence electrons. The molecule has 0 atom stereocenters. The second kappa shape index (κ2) is 5.44. The minimum atomic E-state index is -0.141. The van der Waals surface area contributed by atoms with Gasteiger partial charge in [0.25, 0.3) is 0 Å². The standard InChI is InChI=1S/C13H15BrN4O/c1-8-13(15)9(2)18(17-8)7-12(19)16-11-6-4-3-5-10(11)14/h3-6H,7,15H2,1-2H3,(H,16,19). The molecular weight excluding hydrogens is 308 g/mol. The van der Waals surface area contributed by atoms with E-state index in [1.54, 1.807) is 4.68 Å². The van der Waals surface area contributed by atoms with Crippen molar-refractivity contribution in [3.05, 3.63) is 40.1 Å². The molecule has 1 heterocycles. The van der Waals surface area contributed by atoms with E-state index in [-0.39, 0.29) is 12.5 Å². The van der Waals surface area contributed by atoms with Gasteiger partial charge in [-0.25, -0.2) is 0 Å². The first-order valence-electron chi connectivity index (χ1n) is 5.83. The van der Waals surface area contributed by atoms with Gasteiger partial charge in [-0.1, -0.05) is 12.1 Å². The average molecular weight is 323 g/mol. The molecular formula is C13H15BrN4O. The number of para-hydroxylation sites is 1. The predicted octanol–water partition coefficient (Wildman–Crippen LogP) is 2.48. The van der Waals surface area contributed by atoms with E-state index in [2.05, 4.69) is 26.3 Å². The number of halogens is 1. The van der Waals surface area contributed by atoms with E-state index < -0.39 is 0 Å². The Labute approximate surface area is 119 Å². The fraction of sp³-hybridized carbons (Fsp3) is 0.231. The molecule has 0 radical (unpaired) electrons. The molecule has 0 saturated carbocycles. The molecule has 2 rings (SSSR count). The van der Waals surface area contributed by atoms with E-state index in [4.69, 9.17) is 5.73 Å². The second-order valence-corrected chi connectivity index (χ2v) is 5.12. The molecule has 0 spiro atoms. The number of aromatic nitrogens is 2. The third-order valence-electron chi connectivity index (χ3n) is 2.88. The van der Waals surface area contributed by atoms with E-state index in [9.17, 15) is 4.79 Å². The van der Waals surface area contributed by atoms with Gasteiger partial charge in [0.2, 0.25) is 5.91 Å². The molecule has 1 aromatic carbocycles. The molecule has 2 aromatic rings. The Morgan fingerprint density at radius 1 is 1.42 bits per heavy atom. The Morgan fingerprint density at radius 3 is 2.68 bits per heavy atom. The van der Waals surface area contributed by atoms with Crippen molar-refractivity contribution in [2.75, 3.05) is 11.1 Å². The zero-order valence-corrected chi connectivity index (χ0v) is 12.4. The number of nitrogens with zero attached hydrogens (tertiary/aromatic N) is 2. The first-order chi connectivity index (χ1) is 8.99. The summed E-state index contributed by atoms with van der Waals surface area (Å²) < 4.78 is 2.45. The van der Waals surface area contributed by atoms with Crippen LogP contribution in [0.1, 0.15) is 11.4 Å². The minimum absolute atomic E-state index is 0.141. The fourth-order valence-corrected chi connectivity index (χ4v) is 2.14. The van der Waals surface area contributed by atoms with Gasteiger partial charge in [0.15, 0.2) is 0 Å². The van der Waals surface area contributed by atoms with Gasteiger partial charge in [0.05, 0.1) is 22.8 Å². The molecule has 0 aliphatic rings. The van der Waals surface area contributed by atoms with Crippen LogP contribution in [0.15, 0.2) is 28.7 Å². The first kappa shape index (κ1) is 13.6. The van der Waals surface area contributed by atoms with Gasteiger partial charge in [0.1, 0.15) is 6.54 Å². The number of hydrogen-bond donors (Lipinski definition) is 2. The van der Waals surface area contributed by atoms with Gasteiger partial charge in [-0.15, -0.1) is 0 Å². The van der Waals surface area contributed by atoms with Crippen LogP contribution < -0.4 is 11.1 Å². The smallest absolute Gasteiger partial charge is 0.246 e. The van der Waals surface area contributed by atoms with Gasteiger partial charge in [-0.05, 0) is 41.9 Å². The average Bonchev–Trinajstić information content (AvgIpc) is 2.60. The molecule has 0 unspecified atom stereocenters. The minimum Gasteiger partial charge on any atom is -0.396 e. The molecule has 0 aliphatic carbocycles. The summed E-state index contributed by atoms with van der Waals surface area (Å²) in [5, 5.41) is 7.06. The number of hydrogen-bond acceptors (Lipinski definition) is 3. The number of amides is 1. The van der Waals surface area contributed by atoms with Crippen LogP contribution in [0.4, 0.5) is 11.4 Å². The molecule has 0 aliphatic heterocycles. The van der Waals surface area contributed by atoms with Crippen molar-refractivity contribution in [2.45, 2.75) is 20.4 Å². The summed E-state index contributed by atoms with van der Waals surface area (Å²) in [7, 11) is 0. The summed E-state index contributed by atoms with van der Waals surface area (Å²) in [6.45, 7) is 3.82. The van der Waals surface area contributed by atoms with Crippen molar-refractivity contribution in [1.29, 1.82) is 0 Å². The fourth-order valence-electron chi connectivity index (χ4n) is 1.75. The van der Waals surface area contributed by atoms with Crippen LogP contribution in [0.25, 0.3) is 0 Å². The Hall–Kier alpha value is -1.82. The molecule has 0 saturated heterocycles. The lowest BCUT2D eigenvalue weighted by Gasteiger charge is -2.08. The Balaban J connectivity index is 2.10. The molecule has 19 heavy (non-hydrogen) atoms. The van der Waals surface area contributed by atoms with Crippen LogP contribution >= 0.6 is 15.9 Å². The third-order valence-corrected chi connectivity index (χ3v) is 3.57. The van der Waals surface area contributed by atoms with E-state index in [1.807, 2.05) is 38.1 Å². The number of nitrogen functional groups attached to an aromatic ring is 1. The number of anilines is 2. The van der Waals surface area contributed by atoms with Crippen molar-refractivity contribution in [1.82, 2.24) is 9.78 Å². The van der Waals surface area contributed by atoms with Crippen LogP contribution in [0, 0.1) is 13.8 Å². The number of carbonyl (C=O) groups excluding carboxylic acids is 1. The van der Waals surface area contributed by atoms with Gasteiger partial charge >= 0.3 is 0 Å².